The van der Waals surface area contributed by atoms with Gasteiger partial charge in [0.05, 0.1) is 19.3 Å². The zero-order valence-electron chi connectivity index (χ0n) is 13.0. The van der Waals surface area contributed by atoms with E-state index >= 15 is 0 Å². The molecule has 0 unspecified atom stereocenters. The number of piperazine rings is 1. The van der Waals surface area contributed by atoms with Crippen LogP contribution in [0.3, 0.4) is 0 Å². The molecule has 7 heteroatoms. The average Bonchev–Trinajstić information content (AvgIpc) is 2.55. The third-order valence-corrected chi connectivity index (χ3v) is 3.65. The van der Waals surface area contributed by atoms with Crippen molar-refractivity contribution in [3.05, 3.63) is 24.3 Å². The smallest absolute Gasteiger partial charge is 0.321 e. The minimum absolute atomic E-state index is 0.229. The van der Waals surface area contributed by atoms with Crippen molar-refractivity contribution >= 4 is 17.6 Å². The molecule has 2 rings (SSSR count). The molecule has 0 spiro atoms. The molecule has 2 N–H and O–H groups in total. The van der Waals surface area contributed by atoms with E-state index in [0.717, 1.165) is 37.6 Å². The first-order valence-corrected chi connectivity index (χ1v) is 7.26. The van der Waals surface area contributed by atoms with E-state index in [1.165, 1.54) is 7.05 Å². The van der Waals surface area contributed by atoms with Crippen LogP contribution in [0, 0.1) is 0 Å². The van der Waals surface area contributed by atoms with Crippen LogP contribution in [0.1, 0.15) is 0 Å². The summed E-state index contributed by atoms with van der Waals surface area (Å²) >= 11 is 0. The number of anilines is 1. The number of hydrogen-bond donors (Lipinski definition) is 2. The highest BCUT2D eigenvalue weighted by Crippen LogP contribution is 2.28. The second-order valence-corrected chi connectivity index (χ2v) is 5.06. The van der Waals surface area contributed by atoms with Gasteiger partial charge in [-0.1, -0.05) is 12.1 Å². The normalized spacial score (nSPS) is 15.3. The lowest BCUT2D eigenvalue weighted by molar-refractivity contribution is -0.121. The van der Waals surface area contributed by atoms with Crippen molar-refractivity contribution in [2.45, 2.75) is 0 Å². The highest BCUT2D eigenvalue weighted by molar-refractivity contribution is 5.95. The fourth-order valence-corrected chi connectivity index (χ4v) is 2.47. The van der Waals surface area contributed by atoms with Crippen LogP contribution < -0.4 is 20.3 Å². The van der Waals surface area contributed by atoms with Gasteiger partial charge in [0.25, 0.3) is 0 Å². The fraction of sp³-hybridized carbons (Fsp3) is 0.467. The van der Waals surface area contributed by atoms with E-state index in [-0.39, 0.29) is 12.5 Å². The van der Waals surface area contributed by atoms with Crippen LogP contribution in [-0.2, 0) is 4.79 Å². The quantitative estimate of drug-likeness (QED) is 0.835. The van der Waals surface area contributed by atoms with Crippen LogP contribution >= 0.6 is 0 Å². The van der Waals surface area contributed by atoms with E-state index in [4.69, 9.17) is 4.74 Å². The molecule has 120 valence electrons. The number of ether oxygens (including phenoxy) is 1. The highest BCUT2D eigenvalue weighted by atomic mass is 16.5. The minimum atomic E-state index is -0.474. The average molecular weight is 306 g/mol. The number of nitrogens with one attached hydrogen (secondary N) is 2. The number of benzene rings is 1. The minimum Gasteiger partial charge on any atom is -0.495 e. The molecular formula is C15H22N4O3. The molecule has 0 bridgehead atoms. The van der Waals surface area contributed by atoms with Crippen molar-refractivity contribution in [2.75, 3.05) is 51.8 Å². The topological polar surface area (TPSA) is 73.9 Å². The molecule has 3 amide bonds. The van der Waals surface area contributed by atoms with E-state index in [1.807, 2.05) is 29.2 Å². The molecule has 1 aliphatic rings. The maximum absolute atomic E-state index is 11.7. The van der Waals surface area contributed by atoms with Gasteiger partial charge in [0.15, 0.2) is 0 Å². The summed E-state index contributed by atoms with van der Waals surface area (Å²) in [7, 11) is 3.15. The van der Waals surface area contributed by atoms with E-state index in [2.05, 4.69) is 15.5 Å². The van der Waals surface area contributed by atoms with Crippen LogP contribution in [0.2, 0.25) is 0 Å². The predicted octanol–water partition coefficient (Wildman–Crippen LogP) is 0.273. The van der Waals surface area contributed by atoms with Crippen LogP contribution in [0.25, 0.3) is 0 Å². The molecule has 0 saturated carbocycles. The summed E-state index contributed by atoms with van der Waals surface area (Å²) < 4.78 is 5.38. The third-order valence-electron chi connectivity index (χ3n) is 3.65. The maximum Gasteiger partial charge on any atom is 0.321 e. The van der Waals surface area contributed by atoms with Crippen molar-refractivity contribution in [3.8, 4) is 5.75 Å². The number of imide groups is 1. The van der Waals surface area contributed by atoms with Gasteiger partial charge in [-0.25, -0.2) is 4.79 Å². The van der Waals surface area contributed by atoms with E-state index in [0.29, 0.717) is 0 Å². The molecule has 1 aliphatic heterocycles. The Hall–Kier alpha value is -2.28. The Bertz CT molecular complexity index is 527. The summed E-state index contributed by atoms with van der Waals surface area (Å²) in [5.74, 6) is 0.568. The Labute approximate surface area is 130 Å². The van der Waals surface area contributed by atoms with Crippen LogP contribution in [-0.4, -0.2) is 63.7 Å². The summed E-state index contributed by atoms with van der Waals surface area (Å²) in [6, 6.07) is 7.44. The van der Waals surface area contributed by atoms with Gasteiger partial charge in [-0.05, 0) is 12.1 Å². The Balaban J connectivity index is 1.85. The molecule has 0 aliphatic carbocycles. The van der Waals surface area contributed by atoms with Crippen molar-refractivity contribution in [1.29, 1.82) is 0 Å². The first-order valence-electron chi connectivity index (χ1n) is 7.26. The monoisotopic (exact) mass is 306 g/mol. The van der Waals surface area contributed by atoms with Gasteiger partial charge < -0.3 is 15.0 Å². The Morgan fingerprint density at radius 3 is 2.50 bits per heavy atom. The first kappa shape index (κ1) is 16.1. The molecule has 7 nitrogen and oxygen atoms in total. The van der Waals surface area contributed by atoms with Crippen molar-refractivity contribution in [2.24, 2.45) is 0 Å². The van der Waals surface area contributed by atoms with Crippen molar-refractivity contribution < 1.29 is 14.3 Å². The number of para-hydroxylation sites is 2. The van der Waals surface area contributed by atoms with Gasteiger partial charge in [0.1, 0.15) is 5.75 Å². The molecule has 0 aromatic heterocycles. The molecule has 0 radical (unpaired) electrons. The third kappa shape index (κ3) is 4.11. The van der Waals surface area contributed by atoms with Gasteiger partial charge in [-0.3, -0.25) is 15.0 Å². The Kier molecular flexibility index (Phi) is 5.60. The fourth-order valence-electron chi connectivity index (χ4n) is 2.47. The standard InChI is InChI=1S/C15H22N4O3/c1-16-15(21)17-14(20)11-18-7-9-19(10-8-18)12-5-3-4-6-13(12)22-2/h3-6H,7-11H2,1-2H3,(H2,16,17,20,21). The molecule has 1 aromatic rings. The lowest BCUT2D eigenvalue weighted by atomic mass is 10.2. The SMILES string of the molecule is CNC(=O)NC(=O)CN1CCN(c2ccccc2OC)CC1. The summed E-state index contributed by atoms with van der Waals surface area (Å²) in [5.41, 5.74) is 1.07. The Morgan fingerprint density at radius 2 is 1.86 bits per heavy atom. The summed E-state index contributed by atoms with van der Waals surface area (Å²) in [6.45, 7) is 3.38. The van der Waals surface area contributed by atoms with E-state index < -0.39 is 6.03 Å². The number of carbonyl (C=O) groups excluding carboxylic acids is 2. The van der Waals surface area contributed by atoms with E-state index in [9.17, 15) is 9.59 Å². The second-order valence-electron chi connectivity index (χ2n) is 5.06. The number of carbonyl (C=O) groups is 2. The molecule has 1 fully saturated rings. The molecule has 1 saturated heterocycles. The zero-order chi connectivity index (χ0) is 15.9. The number of methoxy groups -OCH3 is 1. The maximum atomic E-state index is 11.7. The lowest BCUT2D eigenvalue weighted by Crippen LogP contribution is -2.50. The molecule has 1 heterocycles. The van der Waals surface area contributed by atoms with Crippen molar-refractivity contribution in [1.82, 2.24) is 15.5 Å². The van der Waals surface area contributed by atoms with Gasteiger partial charge >= 0.3 is 6.03 Å². The number of hydrogen-bond acceptors (Lipinski definition) is 5. The molecular weight excluding hydrogens is 284 g/mol. The van der Waals surface area contributed by atoms with Crippen molar-refractivity contribution in [3.63, 3.8) is 0 Å². The van der Waals surface area contributed by atoms with Gasteiger partial charge in [-0.2, -0.15) is 0 Å². The number of nitrogens with zero attached hydrogens (tertiary/aromatic N) is 2. The Morgan fingerprint density at radius 1 is 1.18 bits per heavy atom. The lowest BCUT2D eigenvalue weighted by Gasteiger charge is -2.36. The molecule has 22 heavy (non-hydrogen) atoms. The van der Waals surface area contributed by atoms with Crippen LogP contribution in [0.5, 0.6) is 5.75 Å². The van der Waals surface area contributed by atoms with Gasteiger partial charge in [-0.15, -0.1) is 0 Å². The van der Waals surface area contributed by atoms with Crippen LogP contribution in [0.4, 0.5) is 10.5 Å². The van der Waals surface area contributed by atoms with Crippen LogP contribution in [0.15, 0.2) is 24.3 Å². The largest absolute Gasteiger partial charge is 0.495 e. The first-order chi connectivity index (χ1) is 10.6. The zero-order valence-corrected chi connectivity index (χ0v) is 13.0. The number of urea groups is 1. The summed E-state index contributed by atoms with van der Waals surface area (Å²) in [6.07, 6.45) is 0. The summed E-state index contributed by atoms with van der Waals surface area (Å²) in [5, 5.41) is 4.64. The molecule has 1 aromatic carbocycles. The van der Waals surface area contributed by atoms with Gasteiger partial charge in [0, 0.05) is 33.2 Å². The molecule has 0 atom stereocenters. The number of amides is 3. The second kappa shape index (κ2) is 7.65. The van der Waals surface area contributed by atoms with E-state index in [1.54, 1.807) is 7.11 Å². The summed E-state index contributed by atoms with van der Waals surface area (Å²) in [4.78, 5) is 27.0. The van der Waals surface area contributed by atoms with Gasteiger partial charge in [0.2, 0.25) is 5.91 Å². The highest BCUT2D eigenvalue weighted by Gasteiger charge is 2.21. The number of rotatable bonds is 4. The predicted molar refractivity (Wildman–Crippen MR) is 84.2 cm³/mol.